The molecule has 4 nitrogen and oxygen atoms in total. The van der Waals surface area contributed by atoms with E-state index < -0.39 is 41.6 Å². The van der Waals surface area contributed by atoms with Crippen LogP contribution in [0.4, 0.5) is 13.2 Å². The van der Waals surface area contributed by atoms with Crippen LogP contribution in [0.1, 0.15) is 23.2 Å². The number of aliphatic carboxylic acids is 1. The smallest absolute Gasteiger partial charge is 0.307 e. The average molecular weight is 230 g/mol. The fourth-order valence-corrected chi connectivity index (χ4v) is 1.18. The van der Waals surface area contributed by atoms with Gasteiger partial charge in [-0.3, -0.25) is 4.79 Å². The highest BCUT2D eigenvalue weighted by Gasteiger charge is 2.21. The van der Waals surface area contributed by atoms with Crippen LogP contribution in [0.2, 0.25) is 0 Å². The van der Waals surface area contributed by atoms with Gasteiger partial charge in [-0.2, -0.15) is 9.65 Å². The number of carboxylic acid groups (broad SMARTS) is 1. The zero-order chi connectivity index (χ0) is 12.3. The Labute approximate surface area is 88.0 Å². The molecule has 1 aromatic rings. The Hall–Kier alpha value is -2.10. The van der Waals surface area contributed by atoms with Gasteiger partial charge in [-0.1, -0.05) is 0 Å². The van der Waals surface area contributed by atoms with Gasteiger partial charge in [0.25, 0.3) is 6.43 Å². The minimum absolute atomic E-state index is 0.440. The van der Waals surface area contributed by atoms with E-state index in [-0.39, 0.29) is 0 Å². The van der Waals surface area contributed by atoms with Crippen molar-refractivity contribution in [2.24, 2.45) is 0 Å². The summed E-state index contributed by atoms with van der Waals surface area (Å²) in [6.07, 6.45) is -3.92. The standard InChI is InChI=1S/C9H5F3N2O2/c10-6-1-4(3-13)5(2-7(15)16)8(14-6)9(11)12/h1,9H,2H2,(H,15,16). The third kappa shape index (κ3) is 2.48. The van der Waals surface area contributed by atoms with E-state index >= 15 is 0 Å². The summed E-state index contributed by atoms with van der Waals surface area (Å²) >= 11 is 0. The summed E-state index contributed by atoms with van der Waals surface area (Å²) in [5.74, 6) is -2.63. The Balaban J connectivity index is 3.40. The Morgan fingerprint density at radius 2 is 2.25 bits per heavy atom. The van der Waals surface area contributed by atoms with E-state index in [2.05, 4.69) is 4.98 Å². The molecule has 0 fully saturated rings. The molecule has 0 radical (unpaired) electrons. The summed E-state index contributed by atoms with van der Waals surface area (Å²) < 4.78 is 37.6. The Morgan fingerprint density at radius 1 is 1.62 bits per heavy atom. The fourth-order valence-electron chi connectivity index (χ4n) is 1.18. The molecule has 0 saturated heterocycles. The van der Waals surface area contributed by atoms with Crippen molar-refractivity contribution < 1.29 is 23.1 Å². The number of nitriles is 1. The number of alkyl halides is 2. The second-order valence-corrected chi connectivity index (χ2v) is 2.84. The largest absolute Gasteiger partial charge is 0.481 e. The average Bonchev–Trinajstić information content (AvgIpc) is 2.19. The molecular formula is C9H5F3N2O2. The maximum Gasteiger partial charge on any atom is 0.307 e. The number of aromatic nitrogens is 1. The molecule has 84 valence electrons. The van der Waals surface area contributed by atoms with Gasteiger partial charge in [-0.05, 0) is 0 Å². The van der Waals surface area contributed by atoms with E-state index in [1.165, 1.54) is 6.07 Å². The van der Waals surface area contributed by atoms with Crippen molar-refractivity contribution >= 4 is 5.97 Å². The van der Waals surface area contributed by atoms with E-state index in [1.54, 1.807) is 0 Å². The van der Waals surface area contributed by atoms with Gasteiger partial charge >= 0.3 is 5.97 Å². The zero-order valence-corrected chi connectivity index (χ0v) is 7.75. The lowest BCUT2D eigenvalue weighted by Gasteiger charge is -2.07. The van der Waals surface area contributed by atoms with Gasteiger partial charge < -0.3 is 5.11 Å². The van der Waals surface area contributed by atoms with Crippen molar-refractivity contribution in [3.8, 4) is 6.07 Å². The first-order chi connectivity index (χ1) is 7.45. The first-order valence-electron chi connectivity index (χ1n) is 4.05. The third-order valence-corrected chi connectivity index (χ3v) is 1.78. The molecule has 0 aliphatic carbocycles. The van der Waals surface area contributed by atoms with Crippen molar-refractivity contribution in [3.63, 3.8) is 0 Å². The summed E-state index contributed by atoms with van der Waals surface area (Å²) in [7, 11) is 0. The first-order valence-corrected chi connectivity index (χ1v) is 4.05. The molecule has 0 aliphatic heterocycles. The molecule has 16 heavy (non-hydrogen) atoms. The van der Waals surface area contributed by atoms with Crippen LogP contribution in [0.15, 0.2) is 6.07 Å². The van der Waals surface area contributed by atoms with Crippen molar-refractivity contribution in [2.75, 3.05) is 0 Å². The highest BCUT2D eigenvalue weighted by atomic mass is 19.3. The lowest BCUT2D eigenvalue weighted by atomic mass is 10.0. The molecule has 0 saturated carbocycles. The maximum absolute atomic E-state index is 12.7. The van der Waals surface area contributed by atoms with Crippen molar-refractivity contribution in [3.05, 3.63) is 28.8 Å². The zero-order valence-electron chi connectivity index (χ0n) is 7.75. The summed E-state index contributed by atoms with van der Waals surface area (Å²) in [4.78, 5) is 13.3. The molecule has 0 aliphatic rings. The molecule has 1 aromatic heterocycles. The molecule has 0 spiro atoms. The van der Waals surface area contributed by atoms with Gasteiger partial charge in [0.05, 0.1) is 18.1 Å². The summed E-state index contributed by atoms with van der Waals surface area (Å²) in [6, 6.07) is 2.09. The summed E-state index contributed by atoms with van der Waals surface area (Å²) in [5.41, 5.74) is -1.89. The monoisotopic (exact) mass is 230 g/mol. The molecular weight excluding hydrogens is 225 g/mol. The second kappa shape index (κ2) is 4.61. The van der Waals surface area contributed by atoms with E-state index in [0.29, 0.717) is 6.07 Å². The van der Waals surface area contributed by atoms with Gasteiger partial charge in [-0.25, -0.2) is 13.8 Å². The molecule has 0 amide bonds. The van der Waals surface area contributed by atoms with Crippen molar-refractivity contribution in [1.29, 1.82) is 5.26 Å². The van der Waals surface area contributed by atoms with Crippen LogP contribution in [-0.2, 0) is 11.2 Å². The number of carbonyl (C=O) groups is 1. The van der Waals surface area contributed by atoms with Crippen LogP contribution in [0, 0.1) is 17.3 Å². The molecule has 1 rings (SSSR count). The predicted molar refractivity (Wildman–Crippen MR) is 45.2 cm³/mol. The van der Waals surface area contributed by atoms with Crippen LogP contribution in [0.5, 0.6) is 0 Å². The highest BCUT2D eigenvalue weighted by molar-refractivity contribution is 5.71. The van der Waals surface area contributed by atoms with Crippen LogP contribution in [0.3, 0.4) is 0 Å². The number of halogens is 3. The van der Waals surface area contributed by atoms with Gasteiger partial charge in [0.15, 0.2) is 0 Å². The first kappa shape index (κ1) is 12.0. The van der Waals surface area contributed by atoms with E-state index in [9.17, 15) is 18.0 Å². The van der Waals surface area contributed by atoms with E-state index in [1.807, 2.05) is 0 Å². The lowest BCUT2D eigenvalue weighted by Crippen LogP contribution is -2.09. The molecule has 0 bridgehead atoms. The molecule has 7 heteroatoms. The highest BCUT2D eigenvalue weighted by Crippen LogP contribution is 2.24. The van der Waals surface area contributed by atoms with Gasteiger partial charge in [0.1, 0.15) is 5.69 Å². The normalized spacial score (nSPS) is 10.2. The quantitative estimate of drug-likeness (QED) is 0.801. The van der Waals surface area contributed by atoms with Gasteiger partial charge in [-0.15, -0.1) is 0 Å². The Kier molecular flexibility index (Phi) is 3.45. The molecule has 1 N–H and O–H groups in total. The second-order valence-electron chi connectivity index (χ2n) is 2.84. The third-order valence-electron chi connectivity index (χ3n) is 1.78. The fraction of sp³-hybridized carbons (Fsp3) is 0.222. The maximum atomic E-state index is 12.7. The van der Waals surface area contributed by atoms with Crippen LogP contribution < -0.4 is 0 Å². The summed E-state index contributed by atoms with van der Waals surface area (Å²) in [6.45, 7) is 0. The predicted octanol–water partition coefficient (Wildman–Crippen LogP) is 1.66. The van der Waals surface area contributed by atoms with Crippen LogP contribution in [0.25, 0.3) is 0 Å². The van der Waals surface area contributed by atoms with Gasteiger partial charge in [0, 0.05) is 11.6 Å². The van der Waals surface area contributed by atoms with E-state index in [4.69, 9.17) is 10.4 Å². The number of nitrogens with zero attached hydrogens (tertiary/aromatic N) is 2. The number of pyridine rings is 1. The Bertz CT molecular complexity index is 469. The minimum Gasteiger partial charge on any atom is -0.481 e. The molecule has 1 heterocycles. The van der Waals surface area contributed by atoms with E-state index in [0.717, 1.165) is 0 Å². The SMILES string of the molecule is N#Cc1cc(F)nc(C(F)F)c1CC(=O)O. The van der Waals surface area contributed by atoms with Crippen molar-refractivity contribution in [2.45, 2.75) is 12.8 Å². The van der Waals surface area contributed by atoms with Gasteiger partial charge in [0.2, 0.25) is 5.95 Å². The van der Waals surface area contributed by atoms with Crippen LogP contribution >= 0.6 is 0 Å². The number of rotatable bonds is 3. The number of hydrogen-bond acceptors (Lipinski definition) is 3. The molecule has 0 atom stereocenters. The number of carboxylic acids is 1. The van der Waals surface area contributed by atoms with Crippen LogP contribution in [-0.4, -0.2) is 16.1 Å². The number of hydrogen-bond donors (Lipinski definition) is 1. The Morgan fingerprint density at radius 3 is 2.69 bits per heavy atom. The topological polar surface area (TPSA) is 74.0 Å². The summed E-state index contributed by atoms with van der Waals surface area (Å²) in [5, 5.41) is 17.1. The minimum atomic E-state index is -3.13. The van der Waals surface area contributed by atoms with Crippen molar-refractivity contribution in [1.82, 2.24) is 4.98 Å². The lowest BCUT2D eigenvalue weighted by molar-refractivity contribution is -0.136. The molecule has 0 aromatic carbocycles. The molecule has 0 unspecified atom stereocenters.